The predicted molar refractivity (Wildman–Crippen MR) is 105 cm³/mol. The van der Waals surface area contributed by atoms with Crippen molar-refractivity contribution in [2.24, 2.45) is 0 Å². The van der Waals surface area contributed by atoms with E-state index >= 15 is 0 Å². The molecule has 0 bridgehead atoms. The summed E-state index contributed by atoms with van der Waals surface area (Å²) in [7, 11) is 0. The number of anilines is 1. The molecule has 0 unspecified atom stereocenters. The van der Waals surface area contributed by atoms with Gasteiger partial charge < -0.3 is 10.6 Å². The molecule has 0 saturated carbocycles. The van der Waals surface area contributed by atoms with Crippen LogP contribution in [0.25, 0.3) is 10.6 Å². The Morgan fingerprint density at radius 3 is 2.60 bits per heavy atom. The van der Waals surface area contributed by atoms with E-state index in [2.05, 4.69) is 31.5 Å². The molecular formula is C17H14BrN3O2S2. The highest BCUT2D eigenvalue weighted by Gasteiger charge is 2.11. The number of hydrogen-bond acceptors (Lipinski definition) is 5. The molecular weight excluding hydrogens is 422 g/mol. The van der Waals surface area contributed by atoms with E-state index < -0.39 is 0 Å². The molecule has 0 aliphatic heterocycles. The number of nitrogens with zero attached hydrogens (tertiary/aromatic N) is 1. The van der Waals surface area contributed by atoms with Crippen molar-refractivity contribution in [3.8, 4) is 10.6 Å². The lowest BCUT2D eigenvalue weighted by Crippen LogP contribution is -2.32. The number of nitrogens with one attached hydrogen (secondary N) is 2. The van der Waals surface area contributed by atoms with Gasteiger partial charge in [0.2, 0.25) is 5.91 Å². The van der Waals surface area contributed by atoms with Gasteiger partial charge in [0.25, 0.3) is 5.91 Å². The highest BCUT2D eigenvalue weighted by Crippen LogP contribution is 2.32. The zero-order chi connectivity index (χ0) is 17.8. The van der Waals surface area contributed by atoms with E-state index in [1.165, 1.54) is 11.3 Å². The van der Waals surface area contributed by atoms with Gasteiger partial charge in [0, 0.05) is 10.9 Å². The van der Waals surface area contributed by atoms with Crippen LogP contribution in [0.1, 0.15) is 15.9 Å². The molecule has 2 heterocycles. The lowest BCUT2D eigenvalue weighted by molar-refractivity contribution is -0.115. The summed E-state index contributed by atoms with van der Waals surface area (Å²) in [5.74, 6) is -0.591. The van der Waals surface area contributed by atoms with Gasteiger partial charge in [-0.1, -0.05) is 17.7 Å². The Bertz CT molecular complexity index is 903. The number of amides is 2. The van der Waals surface area contributed by atoms with E-state index in [0.29, 0.717) is 10.7 Å². The molecule has 0 radical (unpaired) electrons. The van der Waals surface area contributed by atoms with E-state index in [1.807, 2.05) is 36.6 Å². The second-order valence-corrected chi connectivity index (χ2v) is 8.56. The number of thiophene rings is 1. The monoisotopic (exact) mass is 435 g/mol. The maximum atomic E-state index is 12.0. The predicted octanol–water partition coefficient (Wildman–Crippen LogP) is 4.31. The van der Waals surface area contributed by atoms with Gasteiger partial charge in [-0.25, -0.2) is 4.98 Å². The van der Waals surface area contributed by atoms with Crippen LogP contribution in [0.4, 0.5) is 5.13 Å². The molecule has 8 heteroatoms. The molecule has 2 aromatic heterocycles. The van der Waals surface area contributed by atoms with E-state index in [-0.39, 0.29) is 18.4 Å². The van der Waals surface area contributed by atoms with Crippen LogP contribution in [-0.4, -0.2) is 23.3 Å². The molecule has 0 fully saturated rings. The summed E-state index contributed by atoms with van der Waals surface area (Å²) in [4.78, 5) is 29.4. The molecule has 0 aliphatic carbocycles. The molecule has 0 aliphatic rings. The second kappa shape index (κ2) is 7.90. The Hall–Kier alpha value is -2.03. The van der Waals surface area contributed by atoms with Gasteiger partial charge in [0.15, 0.2) is 5.13 Å². The second-order valence-electron chi connectivity index (χ2n) is 5.24. The summed E-state index contributed by atoms with van der Waals surface area (Å²) in [5, 5.41) is 7.70. The summed E-state index contributed by atoms with van der Waals surface area (Å²) in [6, 6.07) is 11.1. The minimum atomic E-state index is -0.311. The maximum Gasteiger partial charge on any atom is 0.251 e. The van der Waals surface area contributed by atoms with Gasteiger partial charge in [-0.15, -0.1) is 22.7 Å². The Morgan fingerprint density at radius 1 is 1.16 bits per heavy atom. The molecule has 5 nitrogen and oxygen atoms in total. The minimum Gasteiger partial charge on any atom is -0.343 e. The van der Waals surface area contributed by atoms with Crippen molar-refractivity contribution in [1.82, 2.24) is 10.3 Å². The molecule has 3 aromatic rings. The largest absolute Gasteiger partial charge is 0.343 e. The van der Waals surface area contributed by atoms with Crippen LogP contribution in [0.15, 0.2) is 45.6 Å². The summed E-state index contributed by atoms with van der Waals surface area (Å²) in [6.07, 6.45) is 0. The van der Waals surface area contributed by atoms with Crippen molar-refractivity contribution in [2.45, 2.75) is 6.92 Å². The van der Waals surface area contributed by atoms with E-state index in [0.717, 1.165) is 19.9 Å². The Labute approximate surface area is 161 Å². The van der Waals surface area contributed by atoms with Crippen LogP contribution in [0, 0.1) is 6.92 Å². The SMILES string of the molecule is Cc1ccc(C(=O)NCC(=O)Nc2nc(-c3ccc(Br)s3)cs2)cc1. The zero-order valence-electron chi connectivity index (χ0n) is 13.2. The normalized spacial score (nSPS) is 10.5. The smallest absolute Gasteiger partial charge is 0.251 e. The Kier molecular flexibility index (Phi) is 5.62. The highest BCUT2D eigenvalue weighted by atomic mass is 79.9. The standard InChI is InChI=1S/C17H14BrN3O2S2/c1-10-2-4-11(5-3-10)16(23)19-8-15(22)21-17-20-12(9-24-17)13-6-7-14(18)25-13/h2-7,9H,8H2,1H3,(H,19,23)(H,20,21,22). The summed E-state index contributed by atoms with van der Waals surface area (Å²) in [5.41, 5.74) is 2.42. The van der Waals surface area contributed by atoms with Crippen molar-refractivity contribution in [2.75, 3.05) is 11.9 Å². The first kappa shape index (κ1) is 17.8. The van der Waals surface area contributed by atoms with Crippen LogP contribution >= 0.6 is 38.6 Å². The maximum absolute atomic E-state index is 12.0. The molecule has 2 amide bonds. The third-order valence-corrected chi connectivity index (χ3v) is 5.70. The molecule has 128 valence electrons. The topological polar surface area (TPSA) is 71.1 Å². The fourth-order valence-electron chi connectivity index (χ4n) is 2.03. The number of halogens is 1. The average molecular weight is 436 g/mol. The van der Waals surface area contributed by atoms with Crippen LogP contribution in [-0.2, 0) is 4.79 Å². The number of hydrogen-bond donors (Lipinski definition) is 2. The average Bonchev–Trinajstić information content (AvgIpc) is 3.22. The van der Waals surface area contributed by atoms with Gasteiger partial charge >= 0.3 is 0 Å². The van der Waals surface area contributed by atoms with Gasteiger partial charge in [-0.2, -0.15) is 0 Å². The molecule has 0 atom stereocenters. The highest BCUT2D eigenvalue weighted by molar-refractivity contribution is 9.11. The van der Waals surface area contributed by atoms with E-state index in [9.17, 15) is 9.59 Å². The van der Waals surface area contributed by atoms with Gasteiger partial charge in [0.05, 0.1) is 20.9 Å². The van der Waals surface area contributed by atoms with Crippen molar-refractivity contribution in [3.63, 3.8) is 0 Å². The van der Waals surface area contributed by atoms with Gasteiger partial charge in [-0.3, -0.25) is 9.59 Å². The van der Waals surface area contributed by atoms with Crippen molar-refractivity contribution < 1.29 is 9.59 Å². The van der Waals surface area contributed by atoms with Gasteiger partial charge in [-0.05, 0) is 47.1 Å². The lowest BCUT2D eigenvalue weighted by atomic mass is 10.1. The Morgan fingerprint density at radius 2 is 1.92 bits per heavy atom. The number of benzene rings is 1. The zero-order valence-corrected chi connectivity index (χ0v) is 16.4. The van der Waals surface area contributed by atoms with Gasteiger partial charge in [0.1, 0.15) is 0 Å². The summed E-state index contributed by atoms with van der Waals surface area (Å²) in [6.45, 7) is 1.85. The minimum absolute atomic E-state index is 0.105. The molecule has 3 rings (SSSR count). The van der Waals surface area contributed by atoms with Crippen LogP contribution in [0.5, 0.6) is 0 Å². The van der Waals surface area contributed by atoms with Crippen molar-refractivity contribution in [3.05, 3.63) is 56.7 Å². The van der Waals surface area contributed by atoms with Crippen LogP contribution < -0.4 is 10.6 Å². The summed E-state index contributed by atoms with van der Waals surface area (Å²) >= 11 is 6.34. The fraction of sp³-hybridized carbons (Fsp3) is 0.118. The van der Waals surface area contributed by atoms with Crippen molar-refractivity contribution in [1.29, 1.82) is 0 Å². The first-order chi connectivity index (χ1) is 12.0. The molecule has 1 aromatic carbocycles. The molecule has 0 spiro atoms. The number of carbonyl (C=O) groups is 2. The summed E-state index contributed by atoms with van der Waals surface area (Å²) < 4.78 is 1.03. The fourth-order valence-corrected chi connectivity index (χ4v) is 4.18. The molecule has 0 saturated heterocycles. The molecule has 2 N–H and O–H groups in total. The first-order valence-corrected chi connectivity index (χ1v) is 9.86. The third kappa shape index (κ3) is 4.75. The van der Waals surface area contributed by atoms with Crippen LogP contribution in [0.2, 0.25) is 0 Å². The third-order valence-electron chi connectivity index (χ3n) is 3.30. The van der Waals surface area contributed by atoms with E-state index in [4.69, 9.17) is 0 Å². The number of thiazole rings is 1. The number of rotatable bonds is 5. The Balaban J connectivity index is 1.53. The molecule has 25 heavy (non-hydrogen) atoms. The first-order valence-electron chi connectivity index (χ1n) is 7.37. The number of aromatic nitrogens is 1. The van der Waals surface area contributed by atoms with E-state index in [1.54, 1.807) is 23.5 Å². The van der Waals surface area contributed by atoms with Crippen molar-refractivity contribution >= 4 is 55.5 Å². The number of aryl methyl sites for hydroxylation is 1. The van der Waals surface area contributed by atoms with Crippen LogP contribution in [0.3, 0.4) is 0 Å². The lowest BCUT2D eigenvalue weighted by Gasteiger charge is -2.05. The number of carbonyl (C=O) groups excluding carboxylic acids is 2. The quantitative estimate of drug-likeness (QED) is 0.626.